The van der Waals surface area contributed by atoms with E-state index >= 15 is 0 Å². The van der Waals surface area contributed by atoms with Crippen molar-refractivity contribution in [2.75, 3.05) is 18.1 Å². The lowest BCUT2D eigenvalue weighted by molar-refractivity contribution is 0.0664. The fourth-order valence-electron chi connectivity index (χ4n) is 2.06. The highest BCUT2D eigenvalue weighted by molar-refractivity contribution is 8.76. The van der Waals surface area contributed by atoms with E-state index in [-0.39, 0.29) is 11.8 Å². The van der Waals surface area contributed by atoms with E-state index in [0.29, 0.717) is 17.7 Å². The first kappa shape index (κ1) is 15.4. The predicted octanol–water partition coefficient (Wildman–Crippen LogP) is 3.77. The molecule has 1 aliphatic rings. The molecule has 0 radical (unpaired) electrons. The second-order valence-corrected chi connectivity index (χ2v) is 7.51. The summed E-state index contributed by atoms with van der Waals surface area (Å²) in [5.74, 6) is 1.62. The van der Waals surface area contributed by atoms with Gasteiger partial charge in [-0.25, -0.2) is 0 Å². The molecule has 0 spiro atoms. The van der Waals surface area contributed by atoms with Crippen LogP contribution in [0.15, 0.2) is 18.2 Å². The van der Waals surface area contributed by atoms with Gasteiger partial charge in [0, 0.05) is 18.1 Å². The average molecular weight is 309 g/mol. The van der Waals surface area contributed by atoms with Crippen molar-refractivity contribution in [3.63, 3.8) is 0 Å². The van der Waals surface area contributed by atoms with E-state index in [1.807, 2.05) is 23.8 Å². The van der Waals surface area contributed by atoms with Crippen molar-refractivity contribution in [3.8, 4) is 0 Å². The average Bonchev–Trinajstić information content (AvgIpc) is 2.67. The van der Waals surface area contributed by atoms with Crippen LogP contribution in [0.4, 0.5) is 0 Å². The summed E-state index contributed by atoms with van der Waals surface area (Å²) >= 11 is 0. The normalized spacial score (nSPS) is 14.0. The Morgan fingerprint density at radius 3 is 2.50 bits per heavy atom. The van der Waals surface area contributed by atoms with Crippen LogP contribution in [0.3, 0.4) is 0 Å². The molecule has 0 saturated carbocycles. The topological polar surface area (TPSA) is 37.4 Å². The zero-order chi connectivity index (χ0) is 14.5. The van der Waals surface area contributed by atoms with Gasteiger partial charge in [-0.1, -0.05) is 46.6 Å². The first-order valence-electron chi connectivity index (χ1n) is 6.86. The van der Waals surface area contributed by atoms with Gasteiger partial charge in [0.05, 0.1) is 11.1 Å². The van der Waals surface area contributed by atoms with E-state index in [4.69, 9.17) is 0 Å². The summed E-state index contributed by atoms with van der Waals surface area (Å²) in [6.45, 7) is 4.60. The van der Waals surface area contributed by atoms with Gasteiger partial charge in [0.25, 0.3) is 11.8 Å². The van der Waals surface area contributed by atoms with Gasteiger partial charge in [-0.05, 0) is 25.5 Å². The highest BCUT2D eigenvalue weighted by Crippen LogP contribution is 2.26. The third-order valence-electron chi connectivity index (χ3n) is 3.19. The van der Waals surface area contributed by atoms with Gasteiger partial charge in [0.2, 0.25) is 0 Å². The Morgan fingerprint density at radius 1 is 1.05 bits per heavy atom. The van der Waals surface area contributed by atoms with Crippen LogP contribution in [0, 0.1) is 6.92 Å². The molecule has 1 aromatic rings. The molecular weight excluding hydrogens is 290 g/mol. The number of carbonyl (C=O) groups is 2. The van der Waals surface area contributed by atoms with E-state index in [1.165, 1.54) is 17.7 Å². The second-order valence-electron chi connectivity index (χ2n) is 4.81. The van der Waals surface area contributed by atoms with Gasteiger partial charge in [0.1, 0.15) is 0 Å². The molecule has 1 aliphatic heterocycles. The molecule has 20 heavy (non-hydrogen) atoms. The minimum absolute atomic E-state index is 0.146. The van der Waals surface area contributed by atoms with Crippen LogP contribution >= 0.6 is 21.6 Å². The van der Waals surface area contributed by atoms with Gasteiger partial charge in [-0.2, -0.15) is 0 Å². The lowest BCUT2D eigenvalue weighted by Gasteiger charge is -2.12. The molecule has 3 nitrogen and oxygen atoms in total. The molecule has 0 N–H and O–H groups in total. The summed E-state index contributed by atoms with van der Waals surface area (Å²) in [5.41, 5.74) is 2.11. The van der Waals surface area contributed by atoms with Crippen molar-refractivity contribution in [3.05, 3.63) is 34.9 Å². The molecular formula is C15H19NO2S2. The first-order chi connectivity index (χ1) is 9.65. The fourth-order valence-corrected chi connectivity index (χ4v) is 4.24. The Bertz CT molecular complexity index is 517. The van der Waals surface area contributed by atoms with Crippen molar-refractivity contribution in [2.45, 2.75) is 26.7 Å². The van der Waals surface area contributed by atoms with Crippen molar-refractivity contribution in [1.29, 1.82) is 0 Å². The summed E-state index contributed by atoms with van der Waals surface area (Å²) < 4.78 is 0. The van der Waals surface area contributed by atoms with Gasteiger partial charge >= 0.3 is 0 Å². The highest BCUT2D eigenvalue weighted by Gasteiger charge is 2.34. The first-order valence-corrected chi connectivity index (χ1v) is 9.35. The molecule has 0 fully saturated rings. The SMILES string of the molecule is CCCCSSCCN1C(=O)c2ccc(C)cc2C1=O. The summed E-state index contributed by atoms with van der Waals surface area (Å²) in [7, 11) is 3.55. The smallest absolute Gasteiger partial charge is 0.261 e. The number of carbonyl (C=O) groups excluding carboxylic acids is 2. The lowest BCUT2D eigenvalue weighted by atomic mass is 10.1. The van der Waals surface area contributed by atoms with Crippen LogP contribution in [0.5, 0.6) is 0 Å². The largest absolute Gasteiger partial charge is 0.273 e. The molecule has 108 valence electrons. The number of rotatable bonds is 7. The quantitative estimate of drug-likeness (QED) is 0.436. The van der Waals surface area contributed by atoms with E-state index in [0.717, 1.165) is 17.1 Å². The molecule has 0 bridgehead atoms. The second kappa shape index (κ2) is 7.18. The van der Waals surface area contributed by atoms with E-state index in [1.54, 1.807) is 22.9 Å². The van der Waals surface area contributed by atoms with Gasteiger partial charge in [-0.3, -0.25) is 14.5 Å². The molecule has 0 aliphatic carbocycles. The van der Waals surface area contributed by atoms with Crippen LogP contribution in [0.1, 0.15) is 46.0 Å². The van der Waals surface area contributed by atoms with Crippen LogP contribution in [-0.4, -0.2) is 34.8 Å². The summed E-state index contributed by atoms with van der Waals surface area (Å²) in [4.78, 5) is 25.8. The Labute approximate surface area is 127 Å². The molecule has 2 rings (SSSR count). The monoisotopic (exact) mass is 309 g/mol. The molecule has 1 heterocycles. The molecule has 0 unspecified atom stereocenters. The fraction of sp³-hybridized carbons (Fsp3) is 0.467. The Morgan fingerprint density at radius 2 is 1.75 bits per heavy atom. The minimum atomic E-state index is -0.149. The third-order valence-corrected chi connectivity index (χ3v) is 5.66. The molecule has 1 aromatic carbocycles. The molecule has 2 amide bonds. The van der Waals surface area contributed by atoms with E-state index in [9.17, 15) is 9.59 Å². The molecule has 0 aromatic heterocycles. The van der Waals surface area contributed by atoms with Crippen LogP contribution in [0.25, 0.3) is 0 Å². The van der Waals surface area contributed by atoms with Gasteiger partial charge in [0.15, 0.2) is 0 Å². The van der Waals surface area contributed by atoms with Gasteiger partial charge < -0.3 is 0 Å². The highest BCUT2D eigenvalue weighted by atomic mass is 33.1. The number of hydrogen-bond acceptors (Lipinski definition) is 4. The summed E-state index contributed by atoms with van der Waals surface area (Å²) in [5, 5.41) is 0. The van der Waals surface area contributed by atoms with E-state index in [2.05, 4.69) is 6.92 Å². The Balaban J connectivity index is 1.89. The predicted molar refractivity (Wildman–Crippen MR) is 86.4 cm³/mol. The summed E-state index contributed by atoms with van der Waals surface area (Å²) in [6, 6.07) is 5.44. The Hall–Kier alpha value is -0.940. The number of benzene rings is 1. The number of amides is 2. The maximum Gasteiger partial charge on any atom is 0.261 e. The Kier molecular flexibility index (Phi) is 5.54. The zero-order valence-electron chi connectivity index (χ0n) is 11.8. The van der Waals surface area contributed by atoms with Gasteiger partial charge in [-0.15, -0.1) is 0 Å². The maximum atomic E-state index is 12.2. The number of unbranched alkanes of at least 4 members (excludes halogenated alkanes) is 1. The lowest BCUT2D eigenvalue weighted by Crippen LogP contribution is -2.31. The van der Waals surface area contributed by atoms with Crippen molar-refractivity contribution in [2.24, 2.45) is 0 Å². The molecule has 5 heteroatoms. The van der Waals surface area contributed by atoms with Crippen LogP contribution < -0.4 is 0 Å². The number of aryl methyl sites for hydroxylation is 1. The van der Waals surface area contributed by atoms with Crippen molar-refractivity contribution < 1.29 is 9.59 Å². The zero-order valence-corrected chi connectivity index (χ0v) is 13.5. The van der Waals surface area contributed by atoms with Crippen molar-refractivity contribution >= 4 is 33.4 Å². The minimum Gasteiger partial charge on any atom is -0.273 e. The third kappa shape index (κ3) is 3.38. The van der Waals surface area contributed by atoms with Crippen molar-refractivity contribution in [1.82, 2.24) is 4.90 Å². The number of nitrogens with zero attached hydrogens (tertiary/aromatic N) is 1. The van der Waals surface area contributed by atoms with Crippen LogP contribution in [0.2, 0.25) is 0 Å². The van der Waals surface area contributed by atoms with Crippen LogP contribution in [-0.2, 0) is 0 Å². The number of hydrogen-bond donors (Lipinski definition) is 0. The number of fused-ring (bicyclic) bond motifs is 1. The summed E-state index contributed by atoms with van der Waals surface area (Å²) in [6.07, 6.45) is 2.41. The maximum absolute atomic E-state index is 12.2. The van der Waals surface area contributed by atoms with E-state index < -0.39 is 0 Å². The number of imide groups is 1. The molecule has 0 saturated heterocycles. The standard InChI is InChI=1S/C15H19NO2S2/c1-3-4-8-19-20-9-7-16-14(17)12-6-5-11(2)10-13(12)15(16)18/h5-6,10H,3-4,7-9H2,1-2H3. The molecule has 0 atom stereocenters.